The highest BCUT2D eigenvalue weighted by molar-refractivity contribution is 7.89. The van der Waals surface area contributed by atoms with E-state index in [9.17, 15) is 13.2 Å². The van der Waals surface area contributed by atoms with Crippen LogP contribution in [0, 0.1) is 0 Å². The molecular weight excluding hydrogens is 414 g/mol. The Balaban J connectivity index is 1.33. The molecule has 1 fully saturated rings. The summed E-state index contributed by atoms with van der Waals surface area (Å²) in [5, 5.41) is 5.09. The molecule has 0 unspecified atom stereocenters. The van der Waals surface area contributed by atoms with E-state index in [-0.39, 0.29) is 24.0 Å². The number of fused-ring (bicyclic) bond motifs is 1. The van der Waals surface area contributed by atoms with Gasteiger partial charge in [-0.25, -0.2) is 13.2 Å². The van der Waals surface area contributed by atoms with Crippen LogP contribution in [0.1, 0.15) is 5.56 Å². The maximum atomic E-state index is 12.7. The van der Waals surface area contributed by atoms with Crippen LogP contribution in [0.3, 0.4) is 0 Å². The average Bonchev–Trinajstić information content (AvgIpc) is 2.82. The van der Waals surface area contributed by atoms with Crippen LogP contribution in [0.15, 0.2) is 71.6 Å². The zero-order valence-electron chi connectivity index (χ0n) is 17.3. The Labute approximate surface area is 182 Å². The van der Waals surface area contributed by atoms with Gasteiger partial charge < -0.3 is 15.0 Å². The monoisotopic (exact) mass is 439 g/mol. The highest BCUT2D eigenvalue weighted by Gasteiger charge is 2.29. The fraction of sp³-hybridized carbons (Fsp3) is 0.261. The summed E-state index contributed by atoms with van der Waals surface area (Å²) >= 11 is 0. The summed E-state index contributed by atoms with van der Waals surface area (Å²) in [6.07, 6.45) is 0. The van der Waals surface area contributed by atoms with Crippen LogP contribution >= 0.6 is 0 Å². The van der Waals surface area contributed by atoms with Crippen molar-refractivity contribution in [3.05, 3.63) is 72.3 Å². The molecule has 0 saturated carbocycles. The van der Waals surface area contributed by atoms with Gasteiger partial charge in [0.15, 0.2) is 0 Å². The number of methoxy groups -OCH3 is 1. The number of benzene rings is 3. The first-order valence-electron chi connectivity index (χ1n) is 10.1. The number of amides is 2. The highest BCUT2D eigenvalue weighted by Crippen LogP contribution is 2.22. The molecule has 162 valence electrons. The third-order valence-electron chi connectivity index (χ3n) is 5.46. The van der Waals surface area contributed by atoms with Gasteiger partial charge in [0.1, 0.15) is 5.75 Å². The number of sulfonamides is 1. The second-order valence-corrected chi connectivity index (χ2v) is 9.35. The van der Waals surface area contributed by atoms with E-state index in [0.29, 0.717) is 19.6 Å². The van der Waals surface area contributed by atoms with Gasteiger partial charge in [0.2, 0.25) is 10.0 Å². The Morgan fingerprint density at radius 3 is 2.32 bits per heavy atom. The number of rotatable bonds is 5. The Morgan fingerprint density at radius 2 is 1.61 bits per heavy atom. The number of urea groups is 1. The molecule has 0 aliphatic carbocycles. The van der Waals surface area contributed by atoms with Gasteiger partial charge in [0.25, 0.3) is 0 Å². The van der Waals surface area contributed by atoms with E-state index in [2.05, 4.69) is 5.32 Å². The van der Waals surface area contributed by atoms with Crippen molar-refractivity contribution in [1.29, 1.82) is 0 Å². The Morgan fingerprint density at radius 1 is 0.935 bits per heavy atom. The maximum absolute atomic E-state index is 12.7. The highest BCUT2D eigenvalue weighted by atomic mass is 32.2. The molecule has 1 aliphatic heterocycles. The molecular formula is C23H25N3O4S. The number of ether oxygens (including phenoxy) is 1. The fourth-order valence-corrected chi connectivity index (χ4v) is 5.12. The molecule has 1 heterocycles. The minimum absolute atomic E-state index is 0.188. The Bertz CT molecular complexity index is 1170. The second-order valence-electron chi connectivity index (χ2n) is 7.41. The first-order valence-corrected chi connectivity index (χ1v) is 11.6. The summed E-state index contributed by atoms with van der Waals surface area (Å²) in [7, 11) is -1.89. The lowest BCUT2D eigenvalue weighted by atomic mass is 10.1. The van der Waals surface area contributed by atoms with Gasteiger partial charge in [-0.2, -0.15) is 4.31 Å². The van der Waals surface area contributed by atoms with Crippen LogP contribution in [-0.4, -0.2) is 56.9 Å². The standard InChI is InChI=1S/C23H25N3O4S/c1-30-21-10-9-19-15-18(7-8-20(19)16-21)17-24-23(27)25-11-13-26(14-12-25)31(28,29)22-5-3-2-4-6-22/h2-10,15-16H,11-14,17H2,1H3,(H,24,27). The predicted octanol–water partition coefficient (Wildman–Crippen LogP) is 3.06. The molecule has 0 bridgehead atoms. The number of hydrogen-bond donors (Lipinski definition) is 1. The summed E-state index contributed by atoms with van der Waals surface area (Å²) in [4.78, 5) is 14.5. The van der Waals surface area contributed by atoms with E-state index in [1.165, 1.54) is 4.31 Å². The SMILES string of the molecule is COc1ccc2cc(CNC(=O)N3CCN(S(=O)(=O)c4ccccc4)CC3)ccc2c1. The van der Waals surface area contributed by atoms with Gasteiger partial charge in [-0.3, -0.25) is 0 Å². The molecule has 4 rings (SSSR count). The van der Waals surface area contributed by atoms with Gasteiger partial charge >= 0.3 is 6.03 Å². The number of hydrogen-bond acceptors (Lipinski definition) is 4. The number of nitrogens with one attached hydrogen (secondary N) is 1. The van der Waals surface area contributed by atoms with Crippen molar-refractivity contribution in [2.24, 2.45) is 0 Å². The van der Waals surface area contributed by atoms with Crippen LogP contribution in [0.5, 0.6) is 5.75 Å². The van der Waals surface area contributed by atoms with Gasteiger partial charge in [0.05, 0.1) is 12.0 Å². The zero-order chi connectivity index (χ0) is 21.8. The van der Waals surface area contributed by atoms with E-state index in [4.69, 9.17) is 4.74 Å². The molecule has 0 atom stereocenters. The number of nitrogens with zero attached hydrogens (tertiary/aromatic N) is 2. The molecule has 0 aromatic heterocycles. The predicted molar refractivity (Wildman–Crippen MR) is 120 cm³/mol. The Kier molecular flexibility index (Phi) is 6.11. The summed E-state index contributed by atoms with van der Waals surface area (Å²) in [6, 6.07) is 20.1. The van der Waals surface area contributed by atoms with Crippen molar-refractivity contribution in [2.45, 2.75) is 11.4 Å². The molecule has 0 spiro atoms. The lowest BCUT2D eigenvalue weighted by Crippen LogP contribution is -2.52. The molecule has 8 heteroatoms. The molecule has 1 N–H and O–H groups in total. The quantitative estimate of drug-likeness (QED) is 0.663. The van der Waals surface area contributed by atoms with Gasteiger partial charge in [-0.15, -0.1) is 0 Å². The molecule has 1 saturated heterocycles. The summed E-state index contributed by atoms with van der Waals surface area (Å²) in [6.45, 7) is 1.68. The average molecular weight is 440 g/mol. The van der Waals surface area contributed by atoms with Crippen molar-refractivity contribution in [3.63, 3.8) is 0 Å². The molecule has 3 aromatic rings. The first-order chi connectivity index (χ1) is 15.0. The summed E-state index contributed by atoms with van der Waals surface area (Å²) < 4.78 is 32.1. The normalized spacial score (nSPS) is 15.1. The van der Waals surface area contributed by atoms with E-state index in [1.807, 2.05) is 36.4 Å². The first kappa shape index (κ1) is 21.1. The van der Waals surface area contributed by atoms with Crippen LogP contribution < -0.4 is 10.1 Å². The van der Waals surface area contributed by atoms with Crippen molar-refractivity contribution in [3.8, 4) is 5.75 Å². The maximum Gasteiger partial charge on any atom is 0.317 e. The smallest absolute Gasteiger partial charge is 0.317 e. The third kappa shape index (κ3) is 4.65. The van der Waals surface area contributed by atoms with Crippen molar-refractivity contribution >= 4 is 26.8 Å². The molecule has 31 heavy (non-hydrogen) atoms. The van der Waals surface area contributed by atoms with Gasteiger partial charge in [-0.1, -0.05) is 36.4 Å². The van der Waals surface area contributed by atoms with Crippen LogP contribution in [0.4, 0.5) is 4.79 Å². The third-order valence-corrected chi connectivity index (χ3v) is 7.38. The largest absolute Gasteiger partial charge is 0.497 e. The molecule has 2 amide bonds. The van der Waals surface area contributed by atoms with Crippen molar-refractivity contribution in [2.75, 3.05) is 33.3 Å². The Hall–Kier alpha value is -3.10. The van der Waals surface area contributed by atoms with Gasteiger partial charge in [0, 0.05) is 32.7 Å². The zero-order valence-corrected chi connectivity index (χ0v) is 18.1. The van der Waals surface area contributed by atoms with E-state index in [1.54, 1.807) is 42.3 Å². The van der Waals surface area contributed by atoms with Crippen LogP contribution in [0.25, 0.3) is 10.8 Å². The van der Waals surface area contributed by atoms with Crippen molar-refractivity contribution in [1.82, 2.24) is 14.5 Å². The topological polar surface area (TPSA) is 79.0 Å². The molecule has 3 aromatic carbocycles. The minimum Gasteiger partial charge on any atom is -0.497 e. The molecule has 0 radical (unpaired) electrons. The second kappa shape index (κ2) is 8.95. The van der Waals surface area contributed by atoms with E-state index < -0.39 is 10.0 Å². The molecule has 7 nitrogen and oxygen atoms in total. The summed E-state index contributed by atoms with van der Waals surface area (Å²) in [5.74, 6) is 0.807. The van der Waals surface area contributed by atoms with Crippen molar-refractivity contribution < 1.29 is 17.9 Å². The number of carbonyl (C=O) groups is 1. The van der Waals surface area contributed by atoms with Crippen LogP contribution in [0.2, 0.25) is 0 Å². The summed E-state index contributed by atoms with van der Waals surface area (Å²) in [5.41, 5.74) is 0.997. The fourth-order valence-electron chi connectivity index (χ4n) is 3.67. The number of piperazine rings is 1. The number of carbonyl (C=O) groups excluding carboxylic acids is 1. The lowest BCUT2D eigenvalue weighted by Gasteiger charge is -2.34. The van der Waals surface area contributed by atoms with Crippen LogP contribution in [-0.2, 0) is 16.6 Å². The lowest BCUT2D eigenvalue weighted by molar-refractivity contribution is 0.172. The van der Waals surface area contributed by atoms with E-state index in [0.717, 1.165) is 22.1 Å². The molecule has 1 aliphatic rings. The van der Waals surface area contributed by atoms with E-state index >= 15 is 0 Å². The van der Waals surface area contributed by atoms with Gasteiger partial charge in [-0.05, 0) is 46.7 Å². The minimum atomic E-state index is -3.53.